The Hall–Kier alpha value is -2.47. The lowest BCUT2D eigenvalue weighted by atomic mass is 10.7. The average Bonchev–Trinajstić information content (AvgIpc) is 3.11. The third kappa shape index (κ3) is 2.38. The SMILES string of the molecule is S=C(Nn1cccc1)N(n1cccc1)n1cccc1. The standard InChI is InChI=1S/C13H13N5S/c19-13(14-15-7-1-2-8-15)18(16-9-3-4-10-16)17-11-5-6-12-17/h1-12H,(H,14,19). The Morgan fingerprint density at radius 3 is 1.63 bits per heavy atom. The van der Waals surface area contributed by atoms with Gasteiger partial charge in [-0.3, -0.25) is 10.1 Å². The van der Waals surface area contributed by atoms with Crippen molar-refractivity contribution in [3.05, 3.63) is 73.6 Å². The van der Waals surface area contributed by atoms with Gasteiger partial charge in [0.1, 0.15) is 0 Å². The van der Waals surface area contributed by atoms with Crippen molar-refractivity contribution in [1.82, 2.24) is 14.0 Å². The van der Waals surface area contributed by atoms with Crippen molar-refractivity contribution in [3.63, 3.8) is 0 Å². The topological polar surface area (TPSA) is 30.1 Å². The van der Waals surface area contributed by atoms with Crippen molar-refractivity contribution in [2.45, 2.75) is 0 Å². The third-order valence-electron chi connectivity index (χ3n) is 2.63. The first-order chi connectivity index (χ1) is 9.34. The molecule has 0 fully saturated rings. The van der Waals surface area contributed by atoms with Gasteiger partial charge in [-0.2, -0.15) is 5.12 Å². The summed E-state index contributed by atoms with van der Waals surface area (Å²) in [6, 6.07) is 11.7. The number of thiocarbonyl (C=S) groups is 1. The lowest BCUT2D eigenvalue weighted by Crippen LogP contribution is -2.47. The third-order valence-corrected chi connectivity index (χ3v) is 2.88. The second-order valence-corrected chi connectivity index (χ2v) is 4.31. The van der Waals surface area contributed by atoms with Crippen LogP contribution < -0.4 is 10.5 Å². The molecule has 0 bridgehead atoms. The summed E-state index contributed by atoms with van der Waals surface area (Å²) in [4.78, 5) is 0. The van der Waals surface area contributed by atoms with E-state index in [2.05, 4.69) is 5.43 Å². The minimum absolute atomic E-state index is 0.559. The first kappa shape index (κ1) is 11.6. The molecule has 0 aliphatic heterocycles. The number of hydrogen-bond donors (Lipinski definition) is 1. The second-order valence-electron chi connectivity index (χ2n) is 3.92. The van der Waals surface area contributed by atoms with Crippen molar-refractivity contribution in [2.75, 3.05) is 10.5 Å². The normalized spacial score (nSPS) is 10.3. The van der Waals surface area contributed by atoms with Crippen LogP contribution >= 0.6 is 12.2 Å². The first-order valence-electron chi connectivity index (χ1n) is 5.85. The van der Waals surface area contributed by atoms with E-state index in [0.717, 1.165) is 0 Å². The second kappa shape index (κ2) is 5.03. The summed E-state index contributed by atoms with van der Waals surface area (Å²) in [7, 11) is 0. The summed E-state index contributed by atoms with van der Waals surface area (Å²) in [5, 5.41) is 2.40. The predicted molar refractivity (Wildman–Crippen MR) is 78.9 cm³/mol. The van der Waals surface area contributed by atoms with Gasteiger partial charge in [-0.1, -0.05) is 0 Å². The van der Waals surface area contributed by atoms with E-state index in [0.29, 0.717) is 5.11 Å². The van der Waals surface area contributed by atoms with Crippen LogP contribution in [0.25, 0.3) is 0 Å². The molecular weight excluding hydrogens is 258 g/mol. The molecule has 19 heavy (non-hydrogen) atoms. The number of nitrogens with one attached hydrogen (secondary N) is 1. The number of nitrogens with zero attached hydrogens (tertiary/aromatic N) is 4. The van der Waals surface area contributed by atoms with Gasteiger partial charge in [0.15, 0.2) is 0 Å². The van der Waals surface area contributed by atoms with Gasteiger partial charge in [0.05, 0.1) is 0 Å². The van der Waals surface area contributed by atoms with Gasteiger partial charge in [0.25, 0.3) is 0 Å². The molecule has 3 aromatic rings. The molecule has 0 unspecified atom stereocenters. The van der Waals surface area contributed by atoms with Crippen molar-refractivity contribution < 1.29 is 0 Å². The molecule has 0 aromatic carbocycles. The van der Waals surface area contributed by atoms with Crippen molar-refractivity contribution in [1.29, 1.82) is 0 Å². The van der Waals surface area contributed by atoms with E-state index in [4.69, 9.17) is 12.2 Å². The Morgan fingerprint density at radius 2 is 1.16 bits per heavy atom. The van der Waals surface area contributed by atoms with Gasteiger partial charge in [-0.05, 0) is 48.6 Å². The Balaban J connectivity index is 1.89. The van der Waals surface area contributed by atoms with Gasteiger partial charge < -0.3 is 0 Å². The van der Waals surface area contributed by atoms with Crippen molar-refractivity contribution >= 4 is 17.3 Å². The molecule has 0 spiro atoms. The maximum absolute atomic E-state index is 5.47. The minimum atomic E-state index is 0.559. The zero-order valence-electron chi connectivity index (χ0n) is 10.1. The van der Waals surface area contributed by atoms with E-state index in [1.807, 2.05) is 92.7 Å². The van der Waals surface area contributed by atoms with Gasteiger partial charge in [-0.15, -0.1) is 0 Å². The van der Waals surface area contributed by atoms with Crippen LogP contribution in [0.5, 0.6) is 0 Å². The number of aromatic nitrogens is 3. The lowest BCUT2D eigenvalue weighted by molar-refractivity contribution is 0.630. The fourth-order valence-corrected chi connectivity index (χ4v) is 2.09. The van der Waals surface area contributed by atoms with Crippen LogP contribution in [0, 0.1) is 0 Å². The summed E-state index contributed by atoms with van der Waals surface area (Å²) in [5.74, 6) is 0. The van der Waals surface area contributed by atoms with Gasteiger partial charge in [0, 0.05) is 37.2 Å². The summed E-state index contributed by atoms with van der Waals surface area (Å²) >= 11 is 5.47. The van der Waals surface area contributed by atoms with Crippen molar-refractivity contribution in [3.8, 4) is 0 Å². The van der Waals surface area contributed by atoms with E-state index in [9.17, 15) is 0 Å². The van der Waals surface area contributed by atoms with Crippen LogP contribution in [0.1, 0.15) is 0 Å². The predicted octanol–water partition coefficient (Wildman–Crippen LogP) is 2.02. The monoisotopic (exact) mass is 271 g/mol. The zero-order chi connectivity index (χ0) is 13.1. The smallest absolute Gasteiger partial charge is 0.229 e. The van der Waals surface area contributed by atoms with E-state index in [-0.39, 0.29) is 0 Å². The highest BCUT2D eigenvalue weighted by molar-refractivity contribution is 7.80. The van der Waals surface area contributed by atoms with Crippen LogP contribution in [0.3, 0.4) is 0 Å². The molecule has 0 saturated carbocycles. The summed E-state index contributed by atoms with van der Waals surface area (Å²) < 4.78 is 5.61. The Labute approximate surface area is 116 Å². The van der Waals surface area contributed by atoms with E-state index >= 15 is 0 Å². The summed E-state index contributed by atoms with van der Waals surface area (Å²) in [6.07, 6.45) is 11.5. The molecule has 3 aromatic heterocycles. The fraction of sp³-hybridized carbons (Fsp3) is 0. The zero-order valence-corrected chi connectivity index (χ0v) is 10.9. The highest BCUT2D eigenvalue weighted by Gasteiger charge is 2.12. The highest BCUT2D eigenvalue weighted by atomic mass is 32.1. The molecule has 0 saturated heterocycles. The molecular formula is C13H13N5S. The van der Waals surface area contributed by atoms with Gasteiger partial charge >= 0.3 is 0 Å². The molecule has 0 atom stereocenters. The lowest BCUT2D eigenvalue weighted by Gasteiger charge is -2.27. The van der Waals surface area contributed by atoms with E-state index in [1.54, 1.807) is 0 Å². The molecule has 0 aliphatic carbocycles. The Bertz CT molecular complexity index is 590. The molecule has 96 valence electrons. The van der Waals surface area contributed by atoms with Gasteiger partial charge in [0.2, 0.25) is 5.11 Å². The molecule has 0 radical (unpaired) electrons. The van der Waals surface area contributed by atoms with Crippen LogP contribution in [0.4, 0.5) is 0 Å². The molecule has 3 heterocycles. The molecule has 5 nitrogen and oxygen atoms in total. The maximum atomic E-state index is 5.47. The Morgan fingerprint density at radius 1 is 0.737 bits per heavy atom. The molecule has 3 rings (SSSR count). The highest BCUT2D eigenvalue weighted by Crippen LogP contribution is 2.01. The largest absolute Gasteiger partial charge is 0.269 e. The quantitative estimate of drug-likeness (QED) is 0.739. The van der Waals surface area contributed by atoms with Crippen LogP contribution in [-0.2, 0) is 0 Å². The maximum Gasteiger partial charge on any atom is 0.229 e. The van der Waals surface area contributed by atoms with Crippen LogP contribution in [0.15, 0.2) is 73.6 Å². The Kier molecular flexibility index (Phi) is 3.07. The molecule has 1 N–H and O–H groups in total. The molecule has 6 heteroatoms. The number of rotatable bonds is 3. The van der Waals surface area contributed by atoms with Crippen LogP contribution in [0.2, 0.25) is 0 Å². The van der Waals surface area contributed by atoms with Gasteiger partial charge in [-0.25, -0.2) is 9.35 Å². The van der Waals surface area contributed by atoms with E-state index in [1.165, 1.54) is 0 Å². The average molecular weight is 271 g/mol. The fourth-order valence-electron chi connectivity index (χ4n) is 1.80. The summed E-state index contributed by atoms with van der Waals surface area (Å²) in [5.41, 5.74) is 3.13. The molecule has 0 aliphatic rings. The first-order valence-corrected chi connectivity index (χ1v) is 6.26. The van der Waals surface area contributed by atoms with E-state index < -0.39 is 0 Å². The number of hydrogen-bond acceptors (Lipinski definition) is 1. The minimum Gasteiger partial charge on any atom is -0.269 e. The van der Waals surface area contributed by atoms with Crippen molar-refractivity contribution in [2.24, 2.45) is 0 Å². The summed E-state index contributed by atoms with van der Waals surface area (Å²) in [6.45, 7) is 0. The van der Waals surface area contributed by atoms with Crippen LogP contribution in [-0.4, -0.2) is 19.1 Å². The molecule has 0 amide bonds.